The van der Waals surface area contributed by atoms with Crippen molar-refractivity contribution in [3.05, 3.63) is 28.2 Å². The SMILES string of the molecule is Nc1nnc(-c2c(Cl)cccc2Cl)s1. The molecule has 1 aromatic carbocycles. The van der Waals surface area contributed by atoms with E-state index in [9.17, 15) is 0 Å². The molecular formula is C8H5Cl2N3S. The molecule has 0 aliphatic carbocycles. The lowest BCUT2D eigenvalue weighted by Gasteiger charge is -2.00. The molecule has 0 aliphatic heterocycles. The summed E-state index contributed by atoms with van der Waals surface area (Å²) in [5.41, 5.74) is 6.16. The predicted molar refractivity (Wildman–Crippen MR) is 59.8 cm³/mol. The van der Waals surface area contributed by atoms with E-state index in [1.165, 1.54) is 11.3 Å². The molecule has 72 valence electrons. The Labute approximate surface area is 94.5 Å². The van der Waals surface area contributed by atoms with Crippen molar-refractivity contribution in [1.29, 1.82) is 0 Å². The van der Waals surface area contributed by atoms with Crippen LogP contribution in [0.1, 0.15) is 0 Å². The topological polar surface area (TPSA) is 51.8 Å². The van der Waals surface area contributed by atoms with Gasteiger partial charge in [-0.1, -0.05) is 40.6 Å². The van der Waals surface area contributed by atoms with Crippen molar-refractivity contribution in [2.24, 2.45) is 0 Å². The van der Waals surface area contributed by atoms with E-state index in [1.54, 1.807) is 18.2 Å². The molecule has 0 unspecified atom stereocenters. The normalized spacial score (nSPS) is 10.4. The van der Waals surface area contributed by atoms with Gasteiger partial charge < -0.3 is 5.73 Å². The van der Waals surface area contributed by atoms with Gasteiger partial charge in [0.2, 0.25) is 5.13 Å². The third-order valence-corrected chi connectivity index (χ3v) is 3.02. The van der Waals surface area contributed by atoms with Crippen LogP contribution in [0.15, 0.2) is 18.2 Å². The standard InChI is InChI=1S/C8H5Cl2N3S/c9-4-2-1-3-5(10)6(4)7-12-13-8(11)14-7/h1-3H,(H2,11,13). The molecule has 0 atom stereocenters. The summed E-state index contributed by atoms with van der Waals surface area (Å²) in [6.45, 7) is 0. The summed E-state index contributed by atoms with van der Waals surface area (Å²) in [6, 6.07) is 5.28. The van der Waals surface area contributed by atoms with E-state index in [1.807, 2.05) is 0 Å². The van der Waals surface area contributed by atoms with Gasteiger partial charge in [0, 0.05) is 5.56 Å². The van der Waals surface area contributed by atoms with Crippen molar-refractivity contribution >= 4 is 39.7 Å². The zero-order valence-electron chi connectivity index (χ0n) is 6.87. The maximum Gasteiger partial charge on any atom is 0.203 e. The van der Waals surface area contributed by atoms with Crippen LogP contribution in [0.5, 0.6) is 0 Å². The van der Waals surface area contributed by atoms with Crippen molar-refractivity contribution < 1.29 is 0 Å². The highest BCUT2D eigenvalue weighted by atomic mass is 35.5. The van der Waals surface area contributed by atoms with Crippen molar-refractivity contribution in [3.63, 3.8) is 0 Å². The van der Waals surface area contributed by atoms with Gasteiger partial charge in [0.15, 0.2) is 5.01 Å². The quantitative estimate of drug-likeness (QED) is 0.841. The van der Waals surface area contributed by atoms with Gasteiger partial charge in [0.1, 0.15) is 0 Å². The Morgan fingerprint density at radius 1 is 1.14 bits per heavy atom. The monoisotopic (exact) mass is 245 g/mol. The van der Waals surface area contributed by atoms with Crippen molar-refractivity contribution in [2.45, 2.75) is 0 Å². The summed E-state index contributed by atoms with van der Waals surface area (Å²) >= 11 is 13.2. The van der Waals surface area contributed by atoms with Crippen LogP contribution in [-0.4, -0.2) is 10.2 Å². The second-order valence-electron chi connectivity index (χ2n) is 2.54. The Hall–Kier alpha value is -0.840. The highest BCUT2D eigenvalue weighted by Gasteiger charge is 2.12. The first-order chi connectivity index (χ1) is 6.68. The van der Waals surface area contributed by atoms with E-state index < -0.39 is 0 Å². The number of anilines is 1. The fourth-order valence-corrected chi connectivity index (χ4v) is 2.41. The molecule has 1 heterocycles. The van der Waals surface area contributed by atoms with E-state index in [2.05, 4.69) is 10.2 Å². The lowest BCUT2D eigenvalue weighted by atomic mass is 10.2. The van der Waals surface area contributed by atoms with Gasteiger partial charge >= 0.3 is 0 Å². The van der Waals surface area contributed by atoms with Crippen LogP contribution < -0.4 is 5.73 Å². The summed E-state index contributed by atoms with van der Waals surface area (Å²) in [5, 5.41) is 9.72. The van der Waals surface area contributed by atoms with Crippen LogP contribution in [0.2, 0.25) is 10.0 Å². The number of aromatic nitrogens is 2. The maximum absolute atomic E-state index is 5.99. The molecule has 1 aromatic heterocycles. The third-order valence-electron chi connectivity index (χ3n) is 1.62. The molecule has 0 spiro atoms. The van der Waals surface area contributed by atoms with Crippen LogP contribution in [0.4, 0.5) is 5.13 Å². The summed E-state index contributed by atoms with van der Waals surface area (Å²) in [7, 11) is 0. The molecule has 6 heteroatoms. The summed E-state index contributed by atoms with van der Waals surface area (Å²) < 4.78 is 0. The molecule has 2 rings (SSSR count). The summed E-state index contributed by atoms with van der Waals surface area (Å²) in [4.78, 5) is 0. The predicted octanol–water partition coefficient (Wildman–Crippen LogP) is 3.09. The third kappa shape index (κ3) is 1.68. The number of hydrogen-bond donors (Lipinski definition) is 1. The van der Waals surface area contributed by atoms with E-state index in [0.717, 1.165) is 0 Å². The zero-order valence-corrected chi connectivity index (χ0v) is 9.20. The second-order valence-corrected chi connectivity index (χ2v) is 4.37. The van der Waals surface area contributed by atoms with Crippen molar-refractivity contribution in [1.82, 2.24) is 10.2 Å². The van der Waals surface area contributed by atoms with Crippen molar-refractivity contribution in [3.8, 4) is 10.6 Å². The van der Waals surface area contributed by atoms with E-state index in [-0.39, 0.29) is 0 Å². The van der Waals surface area contributed by atoms with Crippen LogP contribution in [0.3, 0.4) is 0 Å². The molecule has 0 radical (unpaired) electrons. The molecule has 0 saturated carbocycles. The second kappa shape index (κ2) is 3.73. The Morgan fingerprint density at radius 2 is 1.79 bits per heavy atom. The minimum absolute atomic E-state index is 0.399. The fraction of sp³-hybridized carbons (Fsp3) is 0. The van der Waals surface area contributed by atoms with Gasteiger partial charge in [-0.25, -0.2) is 0 Å². The maximum atomic E-state index is 5.99. The first-order valence-electron chi connectivity index (χ1n) is 3.72. The van der Waals surface area contributed by atoms with Gasteiger partial charge in [-0.3, -0.25) is 0 Å². The average molecular weight is 246 g/mol. The smallest absolute Gasteiger partial charge is 0.203 e. The van der Waals surface area contributed by atoms with E-state index >= 15 is 0 Å². The molecule has 2 N–H and O–H groups in total. The van der Waals surface area contributed by atoms with Gasteiger partial charge in [0.05, 0.1) is 10.0 Å². The Balaban J connectivity index is 2.61. The molecule has 0 amide bonds. The minimum Gasteiger partial charge on any atom is -0.374 e. The summed E-state index contributed by atoms with van der Waals surface area (Å²) in [6.07, 6.45) is 0. The minimum atomic E-state index is 0.399. The van der Waals surface area contributed by atoms with E-state index in [4.69, 9.17) is 28.9 Å². The number of halogens is 2. The lowest BCUT2D eigenvalue weighted by molar-refractivity contribution is 1.10. The highest BCUT2D eigenvalue weighted by molar-refractivity contribution is 7.18. The fourth-order valence-electron chi connectivity index (χ4n) is 1.04. The molecule has 2 aromatic rings. The first-order valence-corrected chi connectivity index (χ1v) is 5.29. The van der Waals surface area contributed by atoms with E-state index in [0.29, 0.717) is 25.7 Å². The molecule has 14 heavy (non-hydrogen) atoms. The number of nitrogens with zero attached hydrogens (tertiary/aromatic N) is 2. The highest BCUT2D eigenvalue weighted by Crippen LogP contribution is 2.36. The molecule has 0 bridgehead atoms. The zero-order chi connectivity index (χ0) is 10.1. The molecule has 0 fully saturated rings. The first kappa shape index (κ1) is 9.71. The number of rotatable bonds is 1. The van der Waals surface area contributed by atoms with Crippen LogP contribution in [0.25, 0.3) is 10.6 Å². The molecule has 0 aliphatic rings. The van der Waals surface area contributed by atoms with Crippen LogP contribution >= 0.6 is 34.5 Å². The number of nitrogens with two attached hydrogens (primary N) is 1. The van der Waals surface area contributed by atoms with Crippen LogP contribution in [0, 0.1) is 0 Å². The summed E-state index contributed by atoms with van der Waals surface area (Å²) in [5.74, 6) is 0. The lowest BCUT2D eigenvalue weighted by Crippen LogP contribution is -1.81. The number of benzene rings is 1. The Bertz CT molecular complexity index is 449. The van der Waals surface area contributed by atoms with Gasteiger partial charge in [-0.15, -0.1) is 10.2 Å². The molecule has 0 saturated heterocycles. The number of nitrogen functional groups attached to an aromatic ring is 1. The largest absolute Gasteiger partial charge is 0.374 e. The van der Waals surface area contributed by atoms with Crippen molar-refractivity contribution in [2.75, 3.05) is 5.73 Å². The Kier molecular flexibility index (Phi) is 2.58. The molecular weight excluding hydrogens is 241 g/mol. The van der Waals surface area contributed by atoms with Crippen LogP contribution in [-0.2, 0) is 0 Å². The van der Waals surface area contributed by atoms with Gasteiger partial charge in [-0.2, -0.15) is 0 Å². The van der Waals surface area contributed by atoms with Gasteiger partial charge in [-0.05, 0) is 12.1 Å². The van der Waals surface area contributed by atoms with Gasteiger partial charge in [0.25, 0.3) is 0 Å². The number of hydrogen-bond acceptors (Lipinski definition) is 4. The average Bonchev–Trinajstić information content (AvgIpc) is 2.51. The Morgan fingerprint density at radius 3 is 2.29 bits per heavy atom. The molecule has 3 nitrogen and oxygen atoms in total.